The molecule has 0 heterocycles. The van der Waals surface area contributed by atoms with Crippen molar-refractivity contribution in [3.63, 3.8) is 0 Å². The molecular formula is C14H23NOS. The number of hydrogen-bond acceptors (Lipinski definition) is 3. The molecule has 2 nitrogen and oxygen atoms in total. The Hall–Kier alpha value is -0.510. The van der Waals surface area contributed by atoms with E-state index in [1.54, 1.807) is 11.8 Å². The van der Waals surface area contributed by atoms with Crippen LogP contribution in [0.2, 0.25) is 0 Å². The first-order valence-electron chi connectivity index (χ1n) is 6.24. The molecule has 0 aliphatic carbocycles. The molecule has 0 bridgehead atoms. The van der Waals surface area contributed by atoms with E-state index in [-0.39, 0.29) is 6.10 Å². The van der Waals surface area contributed by atoms with Crippen molar-refractivity contribution in [3.8, 4) is 0 Å². The zero-order valence-corrected chi connectivity index (χ0v) is 11.6. The van der Waals surface area contributed by atoms with Gasteiger partial charge in [-0.1, -0.05) is 36.8 Å². The van der Waals surface area contributed by atoms with Crippen molar-refractivity contribution in [2.45, 2.75) is 32.1 Å². The molecule has 0 saturated heterocycles. The molecule has 0 saturated carbocycles. The average molecular weight is 253 g/mol. The maximum atomic E-state index is 9.73. The highest BCUT2D eigenvalue weighted by Crippen LogP contribution is 2.14. The van der Waals surface area contributed by atoms with Crippen LogP contribution in [-0.4, -0.2) is 30.1 Å². The van der Waals surface area contributed by atoms with Crippen molar-refractivity contribution in [1.29, 1.82) is 0 Å². The SMILES string of the molecule is CCCNCC(O)CSCc1cccc(C)c1. The van der Waals surface area contributed by atoms with Crippen LogP contribution in [0.15, 0.2) is 24.3 Å². The van der Waals surface area contributed by atoms with Crippen LogP contribution in [0.5, 0.6) is 0 Å². The molecule has 1 unspecified atom stereocenters. The molecule has 0 fully saturated rings. The average Bonchev–Trinajstić information content (AvgIpc) is 2.29. The van der Waals surface area contributed by atoms with Gasteiger partial charge < -0.3 is 10.4 Å². The molecule has 0 spiro atoms. The van der Waals surface area contributed by atoms with Gasteiger partial charge >= 0.3 is 0 Å². The van der Waals surface area contributed by atoms with Crippen molar-refractivity contribution < 1.29 is 5.11 Å². The van der Waals surface area contributed by atoms with Gasteiger partial charge in [-0.15, -0.1) is 0 Å². The summed E-state index contributed by atoms with van der Waals surface area (Å²) in [5.41, 5.74) is 2.64. The summed E-state index contributed by atoms with van der Waals surface area (Å²) >= 11 is 1.79. The molecule has 0 aliphatic rings. The molecule has 1 atom stereocenters. The number of nitrogens with one attached hydrogen (secondary N) is 1. The highest BCUT2D eigenvalue weighted by atomic mass is 32.2. The Morgan fingerprint density at radius 3 is 2.94 bits per heavy atom. The highest BCUT2D eigenvalue weighted by molar-refractivity contribution is 7.98. The maximum Gasteiger partial charge on any atom is 0.0754 e. The number of thioether (sulfide) groups is 1. The standard InChI is InChI=1S/C14H23NOS/c1-3-7-15-9-14(16)11-17-10-13-6-4-5-12(2)8-13/h4-6,8,14-16H,3,7,9-11H2,1-2H3. The fraction of sp³-hybridized carbons (Fsp3) is 0.571. The summed E-state index contributed by atoms with van der Waals surface area (Å²) in [6.45, 7) is 5.93. The Morgan fingerprint density at radius 2 is 2.24 bits per heavy atom. The summed E-state index contributed by atoms with van der Waals surface area (Å²) < 4.78 is 0. The van der Waals surface area contributed by atoms with Crippen molar-refractivity contribution in [2.24, 2.45) is 0 Å². The lowest BCUT2D eigenvalue weighted by Crippen LogP contribution is -2.28. The van der Waals surface area contributed by atoms with E-state index >= 15 is 0 Å². The molecule has 0 radical (unpaired) electrons. The molecule has 2 N–H and O–H groups in total. The molecule has 3 heteroatoms. The summed E-state index contributed by atoms with van der Waals surface area (Å²) in [5, 5.41) is 13.0. The molecule has 1 rings (SSSR count). The minimum atomic E-state index is -0.239. The number of benzene rings is 1. The third-order valence-corrected chi connectivity index (χ3v) is 3.63. The Morgan fingerprint density at radius 1 is 1.41 bits per heavy atom. The van der Waals surface area contributed by atoms with Crippen LogP contribution in [0.4, 0.5) is 0 Å². The van der Waals surface area contributed by atoms with Gasteiger partial charge in [0.25, 0.3) is 0 Å². The smallest absolute Gasteiger partial charge is 0.0754 e. The minimum absolute atomic E-state index is 0.239. The Balaban J connectivity index is 2.14. The molecule has 0 amide bonds. The lowest BCUT2D eigenvalue weighted by atomic mass is 10.2. The topological polar surface area (TPSA) is 32.3 Å². The quantitative estimate of drug-likeness (QED) is 0.699. The van der Waals surface area contributed by atoms with Crippen LogP contribution < -0.4 is 5.32 Å². The van der Waals surface area contributed by atoms with Gasteiger partial charge in [-0.2, -0.15) is 11.8 Å². The monoisotopic (exact) mass is 253 g/mol. The number of hydrogen-bond donors (Lipinski definition) is 2. The van der Waals surface area contributed by atoms with E-state index in [9.17, 15) is 5.11 Å². The molecule has 17 heavy (non-hydrogen) atoms. The fourth-order valence-corrected chi connectivity index (χ4v) is 2.54. The summed E-state index contributed by atoms with van der Waals surface area (Å²) in [6.07, 6.45) is 0.875. The second kappa shape index (κ2) is 8.56. The predicted molar refractivity (Wildman–Crippen MR) is 76.5 cm³/mol. The van der Waals surface area contributed by atoms with Crippen molar-refractivity contribution in [1.82, 2.24) is 5.32 Å². The Labute approximate surface area is 109 Å². The van der Waals surface area contributed by atoms with Gasteiger partial charge in [0.1, 0.15) is 0 Å². The third-order valence-electron chi connectivity index (χ3n) is 2.47. The second-order valence-corrected chi connectivity index (χ2v) is 5.39. The normalized spacial score (nSPS) is 12.6. The summed E-state index contributed by atoms with van der Waals surface area (Å²) in [7, 11) is 0. The van der Waals surface area contributed by atoms with E-state index in [0.29, 0.717) is 6.54 Å². The number of aliphatic hydroxyl groups excluding tert-OH is 1. The Bertz CT molecular complexity index is 317. The summed E-state index contributed by atoms with van der Waals surface area (Å²) in [5.74, 6) is 1.77. The minimum Gasteiger partial charge on any atom is -0.391 e. The maximum absolute atomic E-state index is 9.73. The molecule has 96 valence electrons. The first-order chi connectivity index (χ1) is 8.22. The zero-order valence-electron chi connectivity index (χ0n) is 10.8. The summed E-state index contributed by atoms with van der Waals surface area (Å²) in [4.78, 5) is 0. The van der Waals surface area contributed by atoms with E-state index in [2.05, 4.69) is 43.4 Å². The van der Waals surface area contributed by atoms with Crippen LogP contribution >= 0.6 is 11.8 Å². The van der Waals surface area contributed by atoms with E-state index in [4.69, 9.17) is 0 Å². The molecule has 0 aromatic heterocycles. The van der Waals surface area contributed by atoms with E-state index in [1.807, 2.05) is 0 Å². The predicted octanol–water partition coefficient (Wildman–Crippen LogP) is 2.59. The zero-order chi connectivity index (χ0) is 12.5. The number of aryl methyl sites for hydroxylation is 1. The Kier molecular flexibility index (Phi) is 7.33. The lowest BCUT2D eigenvalue weighted by Gasteiger charge is -2.11. The van der Waals surface area contributed by atoms with Crippen LogP contribution in [0.25, 0.3) is 0 Å². The molecule has 1 aromatic carbocycles. The van der Waals surface area contributed by atoms with E-state index < -0.39 is 0 Å². The van der Waals surface area contributed by atoms with Gasteiger partial charge in [0.05, 0.1) is 6.10 Å². The van der Waals surface area contributed by atoms with Gasteiger partial charge in [0.15, 0.2) is 0 Å². The van der Waals surface area contributed by atoms with Crippen LogP contribution in [0, 0.1) is 6.92 Å². The van der Waals surface area contributed by atoms with E-state index in [1.165, 1.54) is 11.1 Å². The fourth-order valence-electron chi connectivity index (χ4n) is 1.62. The van der Waals surface area contributed by atoms with Crippen LogP contribution in [0.1, 0.15) is 24.5 Å². The van der Waals surface area contributed by atoms with Gasteiger partial charge in [-0.3, -0.25) is 0 Å². The molecule has 1 aromatic rings. The first-order valence-corrected chi connectivity index (χ1v) is 7.40. The van der Waals surface area contributed by atoms with E-state index in [0.717, 1.165) is 24.5 Å². The van der Waals surface area contributed by atoms with Crippen LogP contribution in [0.3, 0.4) is 0 Å². The largest absolute Gasteiger partial charge is 0.391 e. The van der Waals surface area contributed by atoms with Gasteiger partial charge in [0.2, 0.25) is 0 Å². The highest BCUT2D eigenvalue weighted by Gasteiger charge is 2.03. The van der Waals surface area contributed by atoms with Crippen LogP contribution in [-0.2, 0) is 5.75 Å². The second-order valence-electron chi connectivity index (χ2n) is 4.36. The first kappa shape index (κ1) is 14.6. The lowest BCUT2D eigenvalue weighted by molar-refractivity contribution is 0.196. The van der Waals surface area contributed by atoms with Gasteiger partial charge in [0, 0.05) is 18.1 Å². The van der Waals surface area contributed by atoms with Gasteiger partial charge in [-0.25, -0.2) is 0 Å². The van der Waals surface area contributed by atoms with Gasteiger partial charge in [-0.05, 0) is 25.5 Å². The third kappa shape index (κ3) is 6.71. The number of rotatable bonds is 8. The van der Waals surface area contributed by atoms with Crippen molar-refractivity contribution in [2.75, 3.05) is 18.8 Å². The van der Waals surface area contributed by atoms with Crippen molar-refractivity contribution in [3.05, 3.63) is 35.4 Å². The summed E-state index contributed by atoms with van der Waals surface area (Å²) in [6, 6.07) is 8.54. The molecular weight excluding hydrogens is 230 g/mol. The molecule has 0 aliphatic heterocycles. The number of aliphatic hydroxyl groups is 1. The van der Waals surface area contributed by atoms with Crippen molar-refractivity contribution >= 4 is 11.8 Å².